The Morgan fingerprint density at radius 1 is 1.04 bits per heavy atom. The van der Waals surface area contributed by atoms with E-state index < -0.39 is 0 Å². The van der Waals surface area contributed by atoms with E-state index in [-0.39, 0.29) is 0 Å². The summed E-state index contributed by atoms with van der Waals surface area (Å²) in [5, 5.41) is 0. The van der Waals surface area contributed by atoms with Crippen LogP contribution in [0.25, 0.3) is 0 Å². The van der Waals surface area contributed by atoms with Crippen molar-refractivity contribution in [2.45, 2.75) is 52.1 Å². The topological polar surface area (TPSA) is 30.9 Å². The second-order valence-electron chi connectivity index (χ2n) is 7.44. The number of hydrogen-bond donors (Lipinski definition) is 0. The first-order valence-electron chi connectivity index (χ1n) is 9.40. The molecule has 2 fully saturated rings. The molecule has 0 unspecified atom stereocenters. The minimum Gasteiger partial charge on any atom is -0.492 e. The minimum absolute atomic E-state index is 0.403. The first-order chi connectivity index (χ1) is 11.7. The molecule has 132 valence electrons. The zero-order chi connectivity index (χ0) is 16.7. The fourth-order valence-corrected chi connectivity index (χ4v) is 4.58. The predicted octanol–water partition coefficient (Wildman–Crippen LogP) is 3.35. The molecule has 4 heteroatoms. The van der Waals surface area contributed by atoms with Crippen molar-refractivity contribution >= 4 is 0 Å². The zero-order valence-corrected chi connectivity index (χ0v) is 15.2. The number of fused-ring (bicyclic) bond motifs is 3. The molecule has 2 heterocycles. The Hall–Kier alpha value is -1.26. The van der Waals surface area contributed by atoms with Crippen molar-refractivity contribution in [3.05, 3.63) is 22.3 Å². The van der Waals surface area contributed by atoms with E-state index >= 15 is 0 Å². The van der Waals surface area contributed by atoms with E-state index in [0.717, 1.165) is 51.0 Å². The Kier molecular flexibility index (Phi) is 4.44. The second kappa shape index (κ2) is 6.57. The molecule has 1 saturated carbocycles. The molecule has 3 aliphatic rings. The lowest BCUT2D eigenvalue weighted by Crippen LogP contribution is -2.38. The monoisotopic (exact) mass is 331 g/mol. The van der Waals surface area contributed by atoms with Crippen LogP contribution >= 0.6 is 0 Å². The van der Waals surface area contributed by atoms with Crippen LogP contribution in [-0.4, -0.2) is 50.5 Å². The highest BCUT2D eigenvalue weighted by Crippen LogP contribution is 2.52. The van der Waals surface area contributed by atoms with E-state index in [1.807, 2.05) is 0 Å². The molecule has 0 N–H and O–H groups in total. The van der Waals surface area contributed by atoms with Crippen molar-refractivity contribution in [3.8, 4) is 11.5 Å². The van der Waals surface area contributed by atoms with Gasteiger partial charge in [0.1, 0.15) is 24.2 Å². The average molecular weight is 331 g/mol. The van der Waals surface area contributed by atoms with Crippen LogP contribution in [0.2, 0.25) is 0 Å². The summed E-state index contributed by atoms with van der Waals surface area (Å²) in [6.07, 6.45) is 4.15. The molecule has 0 bridgehead atoms. The number of benzene rings is 1. The normalized spacial score (nSPS) is 26.1. The molecule has 24 heavy (non-hydrogen) atoms. The average Bonchev–Trinajstić information content (AvgIpc) is 3.18. The smallest absolute Gasteiger partial charge is 0.127 e. The lowest BCUT2D eigenvalue weighted by Gasteiger charge is -2.27. The zero-order valence-electron chi connectivity index (χ0n) is 15.2. The van der Waals surface area contributed by atoms with Crippen LogP contribution in [0, 0.1) is 20.8 Å². The molecular formula is C20H29NO3. The molecule has 4 nitrogen and oxygen atoms in total. The largest absolute Gasteiger partial charge is 0.492 e. The first kappa shape index (κ1) is 16.2. The van der Waals surface area contributed by atoms with Crippen LogP contribution in [0.15, 0.2) is 0 Å². The van der Waals surface area contributed by atoms with Crippen molar-refractivity contribution in [2.75, 3.05) is 39.5 Å². The molecule has 0 spiro atoms. The Labute approximate surface area is 145 Å². The number of nitrogens with zero attached hydrogens (tertiary/aromatic N) is 1. The molecule has 2 atom stereocenters. The van der Waals surface area contributed by atoms with Gasteiger partial charge in [0.15, 0.2) is 0 Å². The number of rotatable bonds is 4. The van der Waals surface area contributed by atoms with Gasteiger partial charge in [-0.3, -0.25) is 4.90 Å². The number of ether oxygens (including phenoxy) is 3. The highest BCUT2D eigenvalue weighted by Gasteiger charge is 2.41. The molecule has 0 aromatic heterocycles. The summed E-state index contributed by atoms with van der Waals surface area (Å²) in [6.45, 7) is 12.0. The summed E-state index contributed by atoms with van der Waals surface area (Å²) in [7, 11) is 0. The van der Waals surface area contributed by atoms with Crippen LogP contribution in [0.1, 0.15) is 47.4 Å². The van der Waals surface area contributed by atoms with E-state index in [2.05, 4.69) is 25.7 Å². The van der Waals surface area contributed by atoms with E-state index in [1.54, 1.807) is 0 Å². The Bertz CT molecular complexity index is 622. The van der Waals surface area contributed by atoms with Crippen LogP contribution < -0.4 is 9.47 Å². The quantitative estimate of drug-likeness (QED) is 0.846. The summed E-state index contributed by atoms with van der Waals surface area (Å²) in [5.74, 6) is 2.83. The first-order valence-corrected chi connectivity index (χ1v) is 9.40. The van der Waals surface area contributed by atoms with Gasteiger partial charge in [-0.1, -0.05) is 0 Å². The van der Waals surface area contributed by atoms with Crippen LogP contribution in [0.4, 0.5) is 0 Å². The van der Waals surface area contributed by atoms with Crippen molar-refractivity contribution in [3.63, 3.8) is 0 Å². The van der Waals surface area contributed by atoms with Gasteiger partial charge < -0.3 is 14.2 Å². The standard InChI is InChI=1S/C20H29NO3/c1-13-14(2)20-18(16-5-4-6-17(16)24-20)15(3)19(13)23-12-9-21-7-10-22-11-8-21/h16-17H,4-12H2,1-3H3/t16-,17+/m1/s1. The minimum atomic E-state index is 0.403. The third-order valence-electron chi connectivity index (χ3n) is 6.08. The Morgan fingerprint density at radius 3 is 2.62 bits per heavy atom. The highest BCUT2D eigenvalue weighted by molar-refractivity contribution is 5.61. The maximum atomic E-state index is 6.30. The van der Waals surface area contributed by atoms with Gasteiger partial charge >= 0.3 is 0 Å². The van der Waals surface area contributed by atoms with Gasteiger partial charge in [0.05, 0.1) is 13.2 Å². The van der Waals surface area contributed by atoms with Crippen LogP contribution in [-0.2, 0) is 4.74 Å². The maximum absolute atomic E-state index is 6.30. The third kappa shape index (κ3) is 2.70. The van der Waals surface area contributed by atoms with Gasteiger partial charge in [-0.2, -0.15) is 0 Å². The molecule has 4 rings (SSSR count). The van der Waals surface area contributed by atoms with E-state index in [0.29, 0.717) is 12.0 Å². The summed E-state index contributed by atoms with van der Waals surface area (Å²) in [6, 6.07) is 0. The number of morpholine rings is 1. The number of hydrogen-bond acceptors (Lipinski definition) is 4. The lowest BCUT2D eigenvalue weighted by atomic mass is 9.89. The van der Waals surface area contributed by atoms with Gasteiger partial charge in [-0.25, -0.2) is 0 Å². The Morgan fingerprint density at radius 2 is 1.83 bits per heavy atom. The van der Waals surface area contributed by atoms with Gasteiger partial charge in [0.2, 0.25) is 0 Å². The molecule has 2 aliphatic heterocycles. The summed E-state index contributed by atoms with van der Waals surface area (Å²) < 4.78 is 18.0. The van der Waals surface area contributed by atoms with Gasteiger partial charge in [-0.05, 0) is 56.7 Å². The van der Waals surface area contributed by atoms with Gasteiger partial charge in [0, 0.05) is 31.1 Å². The summed E-state index contributed by atoms with van der Waals surface area (Å²) >= 11 is 0. The van der Waals surface area contributed by atoms with Crippen molar-refractivity contribution in [1.82, 2.24) is 4.90 Å². The molecule has 1 aromatic rings. The highest BCUT2D eigenvalue weighted by atomic mass is 16.5. The van der Waals surface area contributed by atoms with Crippen LogP contribution in [0.3, 0.4) is 0 Å². The van der Waals surface area contributed by atoms with E-state index in [9.17, 15) is 0 Å². The van der Waals surface area contributed by atoms with Crippen LogP contribution in [0.5, 0.6) is 11.5 Å². The Balaban J connectivity index is 1.53. The van der Waals surface area contributed by atoms with Gasteiger partial charge in [-0.15, -0.1) is 0 Å². The van der Waals surface area contributed by atoms with Crippen molar-refractivity contribution in [1.29, 1.82) is 0 Å². The molecular weight excluding hydrogens is 302 g/mol. The predicted molar refractivity (Wildman–Crippen MR) is 94.4 cm³/mol. The van der Waals surface area contributed by atoms with Crippen molar-refractivity contribution < 1.29 is 14.2 Å². The SMILES string of the molecule is Cc1c(C)c2c(c(C)c1OCCN1CCOCC1)[C@@H]1CCC[C@@H]1O2. The molecule has 0 amide bonds. The van der Waals surface area contributed by atoms with Gasteiger partial charge in [0.25, 0.3) is 0 Å². The fraction of sp³-hybridized carbons (Fsp3) is 0.700. The molecule has 1 aliphatic carbocycles. The van der Waals surface area contributed by atoms with E-state index in [4.69, 9.17) is 14.2 Å². The summed E-state index contributed by atoms with van der Waals surface area (Å²) in [4.78, 5) is 2.42. The molecule has 1 saturated heterocycles. The fourth-order valence-electron chi connectivity index (χ4n) is 4.58. The maximum Gasteiger partial charge on any atom is 0.127 e. The van der Waals surface area contributed by atoms with Crippen molar-refractivity contribution in [2.24, 2.45) is 0 Å². The molecule has 0 radical (unpaired) electrons. The second-order valence-corrected chi connectivity index (χ2v) is 7.44. The summed E-state index contributed by atoms with van der Waals surface area (Å²) in [5.41, 5.74) is 5.26. The van der Waals surface area contributed by atoms with E-state index in [1.165, 1.54) is 41.5 Å². The third-order valence-corrected chi connectivity index (χ3v) is 6.08. The molecule has 1 aromatic carbocycles. The lowest BCUT2D eigenvalue weighted by molar-refractivity contribution is 0.0321.